The first-order valence-electron chi connectivity index (χ1n) is 7.62. The first-order valence-corrected chi connectivity index (χ1v) is 7.62. The topological polar surface area (TPSA) is 66.4 Å². The number of rotatable bonds is 4. The molecule has 0 spiro atoms. The molecule has 0 aliphatic heterocycles. The molecule has 1 amide bonds. The number of benzene rings is 1. The van der Waals surface area contributed by atoms with Crippen molar-refractivity contribution < 1.29 is 14.7 Å². The molecule has 1 aliphatic rings. The molecule has 1 aromatic carbocycles. The Balaban J connectivity index is 2.14. The van der Waals surface area contributed by atoms with E-state index in [0.29, 0.717) is 29.2 Å². The van der Waals surface area contributed by atoms with Crippen LogP contribution in [0.1, 0.15) is 63.9 Å². The molecule has 1 saturated carbocycles. The highest BCUT2D eigenvalue weighted by Gasteiger charge is 2.22. The number of hydrogen-bond donors (Lipinski definition) is 2. The molecule has 1 aliphatic carbocycles. The molecule has 0 aromatic heterocycles. The summed E-state index contributed by atoms with van der Waals surface area (Å²) >= 11 is 0. The Morgan fingerprint density at radius 2 is 1.67 bits per heavy atom. The summed E-state index contributed by atoms with van der Waals surface area (Å²) in [6.45, 7) is 4.15. The fourth-order valence-corrected chi connectivity index (χ4v) is 3.10. The molecule has 1 aromatic rings. The summed E-state index contributed by atoms with van der Waals surface area (Å²) in [6.07, 6.45) is 6.04. The SMILES string of the molecule is Cc1ccc(C)c(C(=O)NCC2CCCCC2)c1C(=O)O. The Labute approximate surface area is 125 Å². The van der Waals surface area contributed by atoms with Crippen LogP contribution in [0.3, 0.4) is 0 Å². The fraction of sp³-hybridized carbons (Fsp3) is 0.529. The number of amides is 1. The van der Waals surface area contributed by atoms with Crippen molar-refractivity contribution in [1.82, 2.24) is 5.32 Å². The lowest BCUT2D eigenvalue weighted by atomic mass is 9.89. The summed E-state index contributed by atoms with van der Waals surface area (Å²) in [7, 11) is 0. The van der Waals surface area contributed by atoms with E-state index in [1.165, 1.54) is 19.3 Å². The van der Waals surface area contributed by atoms with Crippen LogP contribution in [0.5, 0.6) is 0 Å². The number of nitrogens with one attached hydrogen (secondary N) is 1. The van der Waals surface area contributed by atoms with Crippen molar-refractivity contribution in [1.29, 1.82) is 0 Å². The van der Waals surface area contributed by atoms with Crippen LogP contribution in [0.4, 0.5) is 0 Å². The third-order valence-electron chi connectivity index (χ3n) is 4.34. The molecule has 4 nitrogen and oxygen atoms in total. The lowest BCUT2D eigenvalue weighted by Gasteiger charge is -2.22. The maximum absolute atomic E-state index is 12.4. The van der Waals surface area contributed by atoms with E-state index in [2.05, 4.69) is 5.32 Å². The number of carbonyl (C=O) groups excluding carboxylic acids is 1. The molecule has 0 bridgehead atoms. The first kappa shape index (κ1) is 15.5. The van der Waals surface area contributed by atoms with Gasteiger partial charge < -0.3 is 10.4 Å². The van der Waals surface area contributed by atoms with Gasteiger partial charge in [0.25, 0.3) is 5.91 Å². The van der Waals surface area contributed by atoms with E-state index >= 15 is 0 Å². The monoisotopic (exact) mass is 289 g/mol. The quantitative estimate of drug-likeness (QED) is 0.893. The molecule has 2 N–H and O–H groups in total. The molecular weight excluding hydrogens is 266 g/mol. The van der Waals surface area contributed by atoms with E-state index in [1.807, 2.05) is 0 Å². The second kappa shape index (κ2) is 6.74. The number of carboxylic acids is 1. The van der Waals surface area contributed by atoms with Gasteiger partial charge >= 0.3 is 5.97 Å². The molecule has 0 atom stereocenters. The van der Waals surface area contributed by atoms with Crippen molar-refractivity contribution in [3.8, 4) is 0 Å². The van der Waals surface area contributed by atoms with Gasteiger partial charge in [0.1, 0.15) is 0 Å². The van der Waals surface area contributed by atoms with Crippen molar-refractivity contribution in [2.75, 3.05) is 6.54 Å². The van der Waals surface area contributed by atoms with Crippen molar-refractivity contribution in [3.05, 3.63) is 34.4 Å². The normalized spacial score (nSPS) is 15.7. The van der Waals surface area contributed by atoms with E-state index in [0.717, 1.165) is 12.8 Å². The highest BCUT2D eigenvalue weighted by Crippen LogP contribution is 2.23. The molecule has 21 heavy (non-hydrogen) atoms. The molecule has 0 radical (unpaired) electrons. The van der Waals surface area contributed by atoms with Gasteiger partial charge in [-0.15, -0.1) is 0 Å². The zero-order valence-electron chi connectivity index (χ0n) is 12.7. The average molecular weight is 289 g/mol. The third kappa shape index (κ3) is 3.63. The Hall–Kier alpha value is -1.84. The molecule has 0 heterocycles. The van der Waals surface area contributed by atoms with Crippen LogP contribution in [0.15, 0.2) is 12.1 Å². The van der Waals surface area contributed by atoms with Crippen molar-refractivity contribution in [2.24, 2.45) is 5.92 Å². The van der Waals surface area contributed by atoms with Crippen LogP contribution in [0.2, 0.25) is 0 Å². The minimum Gasteiger partial charge on any atom is -0.478 e. The van der Waals surface area contributed by atoms with E-state index in [9.17, 15) is 14.7 Å². The molecule has 0 unspecified atom stereocenters. The zero-order chi connectivity index (χ0) is 15.4. The van der Waals surface area contributed by atoms with E-state index in [4.69, 9.17) is 0 Å². The van der Waals surface area contributed by atoms with Gasteiger partial charge in [0, 0.05) is 6.54 Å². The van der Waals surface area contributed by atoms with Crippen molar-refractivity contribution in [2.45, 2.75) is 46.0 Å². The van der Waals surface area contributed by atoms with Gasteiger partial charge in [-0.1, -0.05) is 31.4 Å². The van der Waals surface area contributed by atoms with Gasteiger partial charge in [-0.3, -0.25) is 4.79 Å². The molecule has 1 fully saturated rings. The van der Waals surface area contributed by atoms with Crippen LogP contribution >= 0.6 is 0 Å². The third-order valence-corrected chi connectivity index (χ3v) is 4.34. The summed E-state index contributed by atoms with van der Waals surface area (Å²) in [4.78, 5) is 23.8. The lowest BCUT2D eigenvalue weighted by Crippen LogP contribution is -2.32. The van der Waals surface area contributed by atoms with Gasteiger partial charge in [-0.2, -0.15) is 0 Å². The van der Waals surface area contributed by atoms with Crippen LogP contribution in [-0.4, -0.2) is 23.5 Å². The predicted molar refractivity (Wildman–Crippen MR) is 81.8 cm³/mol. The molecular formula is C17H23NO3. The smallest absolute Gasteiger partial charge is 0.336 e. The number of aromatic carboxylic acids is 1. The largest absolute Gasteiger partial charge is 0.478 e. The second-order valence-electron chi connectivity index (χ2n) is 5.97. The molecule has 4 heteroatoms. The van der Waals surface area contributed by atoms with E-state index in [1.54, 1.807) is 26.0 Å². The van der Waals surface area contributed by atoms with Gasteiger partial charge in [-0.25, -0.2) is 4.79 Å². The number of hydrogen-bond acceptors (Lipinski definition) is 2. The van der Waals surface area contributed by atoms with Gasteiger partial charge in [0.2, 0.25) is 0 Å². The van der Waals surface area contributed by atoms with Crippen LogP contribution in [0.25, 0.3) is 0 Å². The highest BCUT2D eigenvalue weighted by molar-refractivity contribution is 6.06. The van der Waals surface area contributed by atoms with E-state index < -0.39 is 5.97 Å². The summed E-state index contributed by atoms with van der Waals surface area (Å²) < 4.78 is 0. The van der Waals surface area contributed by atoms with Crippen LogP contribution in [0, 0.1) is 19.8 Å². The summed E-state index contributed by atoms with van der Waals surface area (Å²) in [5, 5.41) is 12.3. The summed E-state index contributed by atoms with van der Waals surface area (Å²) in [5.41, 5.74) is 1.75. The van der Waals surface area contributed by atoms with Gasteiger partial charge in [0.05, 0.1) is 11.1 Å². The summed E-state index contributed by atoms with van der Waals surface area (Å²) in [5.74, 6) is -0.778. The minimum absolute atomic E-state index is 0.121. The van der Waals surface area contributed by atoms with Gasteiger partial charge in [-0.05, 0) is 43.7 Å². The first-order chi connectivity index (χ1) is 10.0. The van der Waals surface area contributed by atoms with Crippen molar-refractivity contribution >= 4 is 11.9 Å². The van der Waals surface area contributed by atoms with Crippen LogP contribution < -0.4 is 5.32 Å². The lowest BCUT2D eigenvalue weighted by molar-refractivity contribution is 0.0689. The molecule has 0 saturated heterocycles. The Bertz CT molecular complexity index is 545. The predicted octanol–water partition coefficient (Wildman–Crippen LogP) is 3.31. The molecule has 114 valence electrons. The second-order valence-corrected chi connectivity index (χ2v) is 5.97. The Morgan fingerprint density at radius 3 is 2.24 bits per heavy atom. The zero-order valence-corrected chi connectivity index (χ0v) is 12.7. The van der Waals surface area contributed by atoms with Crippen LogP contribution in [-0.2, 0) is 0 Å². The van der Waals surface area contributed by atoms with Gasteiger partial charge in [0.15, 0.2) is 0 Å². The summed E-state index contributed by atoms with van der Waals surface area (Å²) in [6, 6.07) is 3.55. The Kier molecular flexibility index (Phi) is 4.99. The maximum atomic E-state index is 12.4. The minimum atomic E-state index is -1.04. The van der Waals surface area contributed by atoms with E-state index in [-0.39, 0.29) is 11.5 Å². The Morgan fingerprint density at radius 1 is 1.10 bits per heavy atom. The fourth-order valence-electron chi connectivity index (χ4n) is 3.10. The molecule has 2 rings (SSSR count). The number of carboxylic acid groups (broad SMARTS) is 1. The standard InChI is InChI=1S/C17H23NO3/c1-11-8-9-12(2)15(17(20)21)14(11)16(19)18-10-13-6-4-3-5-7-13/h8-9,13H,3-7,10H2,1-2H3,(H,18,19)(H,20,21). The highest BCUT2D eigenvalue weighted by atomic mass is 16.4. The maximum Gasteiger partial charge on any atom is 0.336 e. The number of aryl methyl sites for hydroxylation is 2. The average Bonchev–Trinajstić information content (AvgIpc) is 2.47. The number of carbonyl (C=O) groups is 2. The van der Waals surface area contributed by atoms with Crippen molar-refractivity contribution in [3.63, 3.8) is 0 Å².